The summed E-state index contributed by atoms with van der Waals surface area (Å²) in [4.78, 5) is 34.4. The highest BCUT2D eigenvalue weighted by Gasteiger charge is 2.75. The minimum Gasteiger partial charge on any atom is -0.390 e. The van der Waals surface area contributed by atoms with Gasteiger partial charge in [-0.05, 0) is 21.5 Å². The first-order valence-corrected chi connectivity index (χ1v) is 32.0. The first kappa shape index (κ1) is 31.6. The second kappa shape index (κ2) is 11.5. The number of rotatable bonds is 7. The van der Waals surface area contributed by atoms with Crippen molar-refractivity contribution in [3.05, 3.63) is 0 Å². The fourth-order valence-electron chi connectivity index (χ4n) is 3.12. The molecule has 3 N–H and O–H groups in total. The van der Waals surface area contributed by atoms with Gasteiger partial charge in [0.25, 0.3) is 0 Å². The number of hydrogen-bond donors (Lipinski definition) is 3. The summed E-state index contributed by atoms with van der Waals surface area (Å²) in [5.41, 5.74) is 0. The molecule has 0 aromatic heterocycles. The summed E-state index contributed by atoms with van der Waals surface area (Å²) in [5, 5.41) is 0. The van der Waals surface area contributed by atoms with Gasteiger partial charge in [0.2, 0.25) is 0 Å². The summed E-state index contributed by atoms with van der Waals surface area (Å²) in [6.07, 6.45) is 0. The summed E-state index contributed by atoms with van der Waals surface area (Å²) in [5.74, 6) is 0.514. The molecule has 12 nitrogen and oxygen atoms in total. The molecule has 0 radical (unpaired) electrons. The Balaban J connectivity index is 2.32. The largest absolute Gasteiger partial charge is 0.505 e. The lowest BCUT2D eigenvalue weighted by Crippen LogP contribution is -2.83. The second-order valence-electron chi connectivity index (χ2n) is 7.05. The molecule has 3 saturated heterocycles. The van der Waals surface area contributed by atoms with E-state index in [2.05, 4.69) is 46.2 Å². The van der Waals surface area contributed by atoms with Crippen LogP contribution in [0.1, 0.15) is 0 Å². The van der Waals surface area contributed by atoms with Crippen LogP contribution in [-0.2, 0) is 37.0 Å². The smallest absolute Gasteiger partial charge is 0.390 e. The topological polar surface area (TPSA) is 144 Å². The van der Waals surface area contributed by atoms with Crippen LogP contribution in [0.25, 0.3) is 0 Å². The molecule has 14 unspecified atom stereocenters. The molecular formula is C7H31O12P7Si7. The van der Waals surface area contributed by atoms with Crippen molar-refractivity contribution in [3.63, 3.8) is 0 Å². The van der Waals surface area contributed by atoms with Crippen LogP contribution < -0.4 is 0 Å². The van der Waals surface area contributed by atoms with E-state index in [-0.39, 0.29) is 45.2 Å². The van der Waals surface area contributed by atoms with Gasteiger partial charge in [0.1, 0.15) is 0 Å². The van der Waals surface area contributed by atoms with Crippen molar-refractivity contribution in [2.24, 2.45) is 0 Å². The Labute approximate surface area is 216 Å². The molecule has 0 aromatic rings. The van der Waals surface area contributed by atoms with Crippen molar-refractivity contribution in [1.82, 2.24) is 0 Å². The van der Waals surface area contributed by atoms with Gasteiger partial charge in [-0.3, -0.25) is 0 Å². The third-order valence-corrected chi connectivity index (χ3v) is 46.0. The van der Waals surface area contributed by atoms with Gasteiger partial charge < -0.3 is 51.4 Å². The minimum atomic E-state index is -4.06. The summed E-state index contributed by atoms with van der Waals surface area (Å²) in [6.45, 7) is 3.54. The zero-order valence-electron chi connectivity index (χ0n) is 17.9. The van der Waals surface area contributed by atoms with E-state index < -0.39 is 61.0 Å². The van der Waals surface area contributed by atoms with E-state index in [1.807, 2.05) is 6.66 Å². The van der Waals surface area contributed by atoms with Gasteiger partial charge in [0.05, 0.1) is 0 Å². The quantitative estimate of drug-likeness (QED) is 0.206. The molecule has 3 heterocycles. The van der Waals surface area contributed by atoms with Crippen molar-refractivity contribution >= 4 is 123 Å². The molecule has 0 saturated carbocycles. The van der Waals surface area contributed by atoms with Crippen molar-refractivity contribution in [3.8, 4) is 0 Å². The molecule has 0 amide bonds. The summed E-state index contributed by atoms with van der Waals surface area (Å²) < 4.78 is 57.1. The van der Waals surface area contributed by atoms with Crippen LogP contribution in [0.5, 0.6) is 0 Å². The van der Waals surface area contributed by atoms with Crippen molar-refractivity contribution in [1.29, 1.82) is 0 Å². The highest BCUT2D eigenvalue weighted by Crippen LogP contribution is 2.48. The summed E-state index contributed by atoms with van der Waals surface area (Å²) in [7, 11) is -15.3. The Morgan fingerprint density at radius 1 is 0.515 bits per heavy atom. The lowest BCUT2D eigenvalue weighted by molar-refractivity contribution is 0.0277. The van der Waals surface area contributed by atoms with Crippen LogP contribution >= 0.6 is 62.5 Å². The Morgan fingerprint density at radius 2 is 0.939 bits per heavy atom. The Hall–Kier alpha value is 4.05. The Kier molecular flexibility index (Phi) is 11.0. The van der Waals surface area contributed by atoms with Gasteiger partial charge in [0, 0.05) is 28.9 Å². The first-order chi connectivity index (χ1) is 15.3. The SMILES string of the molecule is CP[Si]1(O)O[Si]2(CP)O[Si](O)(CP)O[Si]3(CP)O[Si](O)(CP)O[Si](PC)(O[Si](CP)(O3)O2)O1. The molecule has 26 heteroatoms. The number of fused-ring (bicyclic) bond motifs is 3. The zero-order valence-corrected chi connectivity index (χ0v) is 32.7. The van der Waals surface area contributed by atoms with E-state index >= 15 is 0 Å². The predicted molar refractivity (Wildman–Crippen MR) is 158 cm³/mol. The molecular weight excluding hydrogens is 689 g/mol. The molecule has 0 spiro atoms. The Morgan fingerprint density at radius 3 is 1.33 bits per heavy atom. The lowest BCUT2D eigenvalue weighted by atomic mass is 11.9. The maximum atomic E-state index is 11.5. The lowest BCUT2D eigenvalue weighted by Gasteiger charge is -2.55. The molecule has 3 aliphatic heterocycles. The normalized spacial score (nSPS) is 51.5. The molecule has 3 rings (SSSR count). The van der Waals surface area contributed by atoms with E-state index in [1.165, 1.54) is 0 Å². The van der Waals surface area contributed by atoms with Crippen LogP contribution in [0, 0.1) is 0 Å². The van der Waals surface area contributed by atoms with Gasteiger partial charge in [-0.25, -0.2) is 0 Å². The molecule has 3 aliphatic rings. The van der Waals surface area contributed by atoms with Crippen LogP contribution in [0.3, 0.4) is 0 Å². The third-order valence-electron chi connectivity index (χ3n) is 4.61. The second-order valence-corrected chi connectivity index (χ2v) is 39.5. The predicted octanol–water partition coefficient (Wildman–Crippen LogP) is -1.59. The van der Waals surface area contributed by atoms with Crippen LogP contribution in [-0.4, -0.2) is 118 Å². The first-order valence-electron chi connectivity index (χ1n) is 9.65. The van der Waals surface area contributed by atoms with Gasteiger partial charge in [0.15, 0.2) is 0 Å². The van der Waals surface area contributed by atoms with E-state index in [9.17, 15) is 14.4 Å². The highest BCUT2D eigenvalue weighted by atomic mass is 31.4. The van der Waals surface area contributed by atoms with Crippen LogP contribution in [0.15, 0.2) is 0 Å². The standard InChI is InChI=1S/C7H31O12P7Si7/c1-25-32(10)17-30(6-23)12-27(8,3-20)11-29(5-22)13-28(9,4-21)14-33(19-32,26-2)18-31(7-24,15-29)16-30/h8-10,25-26H,3-7,20-24H2,1-2H3. The van der Waals surface area contributed by atoms with E-state index in [0.717, 1.165) is 0 Å². The summed E-state index contributed by atoms with van der Waals surface area (Å²) >= 11 is 0. The number of hydrogen-bond acceptors (Lipinski definition) is 12. The minimum absolute atomic E-state index is 0.0214. The average Bonchev–Trinajstić information content (AvgIpc) is 2.75. The molecule has 3 fully saturated rings. The highest BCUT2D eigenvalue weighted by molar-refractivity contribution is 7.82. The fourth-order valence-corrected chi connectivity index (χ4v) is 55.7. The zero-order chi connectivity index (χ0) is 24.8. The molecule has 14 atom stereocenters. The van der Waals surface area contributed by atoms with Gasteiger partial charge in [-0.2, -0.15) is 0 Å². The Bertz CT molecular complexity index is 624. The van der Waals surface area contributed by atoms with E-state index in [4.69, 9.17) is 37.0 Å². The molecule has 33 heavy (non-hydrogen) atoms. The van der Waals surface area contributed by atoms with Crippen LogP contribution in [0.2, 0.25) is 0 Å². The monoisotopic (exact) mass is 720 g/mol. The fraction of sp³-hybridized carbons (Fsp3) is 1.00. The average molecular weight is 721 g/mol. The van der Waals surface area contributed by atoms with Crippen LogP contribution in [0.4, 0.5) is 0 Å². The maximum Gasteiger partial charge on any atom is 0.505 e. The van der Waals surface area contributed by atoms with Gasteiger partial charge in [-0.1, -0.05) is 8.13 Å². The molecule has 0 aromatic carbocycles. The van der Waals surface area contributed by atoms with Gasteiger partial charge >= 0.3 is 61.0 Å². The van der Waals surface area contributed by atoms with Gasteiger partial charge in [-0.15, -0.1) is 46.2 Å². The molecule has 194 valence electrons. The van der Waals surface area contributed by atoms with Crippen molar-refractivity contribution in [2.45, 2.75) is 0 Å². The van der Waals surface area contributed by atoms with E-state index in [1.54, 1.807) is 6.66 Å². The maximum absolute atomic E-state index is 11.5. The molecule has 4 bridgehead atoms. The third kappa shape index (κ3) is 6.69. The van der Waals surface area contributed by atoms with E-state index in [0.29, 0.717) is 0 Å². The van der Waals surface area contributed by atoms with Crippen molar-refractivity contribution < 1.29 is 51.4 Å². The summed E-state index contributed by atoms with van der Waals surface area (Å²) in [6, 6.07) is 0. The molecule has 0 aliphatic carbocycles. The van der Waals surface area contributed by atoms with Crippen molar-refractivity contribution in [2.75, 3.05) is 42.3 Å².